The molecule has 0 spiro atoms. The number of carbonyl (C=O) groups excluding carboxylic acids is 1. The van der Waals surface area contributed by atoms with E-state index in [1.54, 1.807) is 18.2 Å². The Labute approximate surface area is 235 Å². The van der Waals surface area contributed by atoms with E-state index in [-0.39, 0.29) is 16.8 Å². The van der Waals surface area contributed by atoms with Crippen molar-refractivity contribution in [1.29, 1.82) is 0 Å². The number of carboxylic acids is 1. The van der Waals surface area contributed by atoms with Crippen LogP contribution in [0.1, 0.15) is 49.2 Å². The number of carbonyl (C=O) groups is 2. The van der Waals surface area contributed by atoms with Crippen molar-refractivity contribution < 1.29 is 19.6 Å². The molecular weight excluding hydrogens is 522 g/mol. The van der Waals surface area contributed by atoms with Gasteiger partial charge in [-0.25, -0.2) is 4.98 Å². The van der Waals surface area contributed by atoms with Crippen LogP contribution in [-0.2, 0) is 4.79 Å². The number of nitrogens with one attached hydrogen (secondary N) is 2. The summed E-state index contributed by atoms with van der Waals surface area (Å²) in [5.41, 5.74) is 1.94. The predicted molar refractivity (Wildman–Crippen MR) is 157 cm³/mol. The van der Waals surface area contributed by atoms with Gasteiger partial charge in [0.1, 0.15) is 11.5 Å². The van der Waals surface area contributed by atoms with Crippen molar-refractivity contribution in [1.82, 2.24) is 14.7 Å². The van der Waals surface area contributed by atoms with Crippen LogP contribution in [0.2, 0.25) is 0 Å². The van der Waals surface area contributed by atoms with Gasteiger partial charge in [-0.05, 0) is 55.3 Å². The Morgan fingerprint density at radius 1 is 1.00 bits per heavy atom. The summed E-state index contributed by atoms with van der Waals surface area (Å²) in [5.74, 6) is -1.000. The molecule has 1 unspecified atom stereocenters. The van der Waals surface area contributed by atoms with Crippen molar-refractivity contribution in [3.8, 4) is 11.3 Å². The lowest BCUT2D eigenvalue weighted by atomic mass is 10.0. The molecule has 10 nitrogen and oxygen atoms in total. The van der Waals surface area contributed by atoms with Crippen LogP contribution in [0.4, 0.5) is 11.5 Å². The first-order valence-electron chi connectivity index (χ1n) is 13.1. The Morgan fingerprint density at radius 2 is 1.76 bits per heavy atom. The highest BCUT2D eigenvalue weighted by Gasteiger charge is 2.25. The van der Waals surface area contributed by atoms with Crippen LogP contribution in [-0.4, -0.2) is 36.8 Å². The van der Waals surface area contributed by atoms with Gasteiger partial charge in [0.2, 0.25) is 0 Å². The van der Waals surface area contributed by atoms with Gasteiger partial charge in [0.25, 0.3) is 11.6 Å². The maximum absolute atomic E-state index is 13.6. The molecule has 0 bridgehead atoms. The summed E-state index contributed by atoms with van der Waals surface area (Å²) in [7, 11) is 0. The number of nitrogens with zero attached hydrogens (tertiary/aromatic N) is 3. The molecule has 0 saturated carbocycles. The van der Waals surface area contributed by atoms with Gasteiger partial charge < -0.3 is 15.7 Å². The van der Waals surface area contributed by atoms with E-state index in [2.05, 4.69) is 16.7 Å². The Bertz CT molecular complexity index is 1800. The zero-order valence-corrected chi connectivity index (χ0v) is 22.8. The first-order valence-corrected chi connectivity index (χ1v) is 13.1. The molecule has 0 aliphatic heterocycles. The van der Waals surface area contributed by atoms with E-state index < -0.39 is 29.3 Å². The highest BCUT2D eigenvalue weighted by molar-refractivity contribution is 6.01. The van der Waals surface area contributed by atoms with E-state index in [1.165, 1.54) is 18.2 Å². The normalized spacial score (nSPS) is 12.3. The van der Waals surface area contributed by atoms with Gasteiger partial charge in [0, 0.05) is 29.4 Å². The number of rotatable bonds is 8. The number of anilines is 1. The van der Waals surface area contributed by atoms with Crippen molar-refractivity contribution in [2.24, 2.45) is 0 Å². The summed E-state index contributed by atoms with van der Waals surface area (Å²) in [6.07, 6.45) is 1.36. The molecule has 1 amide bonds. The second-order valence-corrected chi connectivity index (χ2v) is 10.8. The summed E-state index contributed by atoms with van der Waals surface area (Å²) < 4.78 is 1.81. The molecule has 3 N–H and O–H groups in total. The van der Waals surface area contributed by atoms with Crippen LogP contribution in [0.15, 0.2) is 85.1 Å². The number of benzene rings is 3. The average molecular weight is 552 g/mol. The fourth-order valence-electron chi connectivity index (χ4n) is 4.78. The lowest BCUT2D eigenvalue weighted by Gasteiger charge is -2.23. The number of imidazole rings is 1. The molecule has 0 saturated heterocycles. The molecular formula is C31H29N5O5. The number of hydrogen-bond acceptors (Lipinski definition) is 6. The first-order chi connectivity index (χ1) is 19.5. The van der Waals surface area contributed by atoms with Crippen molar-refractivity contribution in [2.45, 2.75) is 38.8 Å². The minimum atomic E-state index is -1.16. The number of pyridine rings is 1. The molecule has 0 fully saturated rings. The minimum Gasteiger partial charge on any atom is -0.481 e. The zero-order chi connectivity index (χ0) is 29.3. The van der Waals surface area contributed by atoms with Crippen molar-refractivity contribution >= 4 is 39.8 Å². The molecule has 0 radical (unpaired) electrons. The largest absolute Gasteiger partial charge is 0.481 e. The van der Waals surface area contributed by atoms with Crippen LogP contribution in [0.5, 0.6) is 0 Å². The second-order valence-electron chi connectivity index (χ2n) is 10.8. The number of carboxylic acid groups (broad SMARTS) is 1. The summed E-state index contributed by atoms with van der Waals surface area (Å²) in [6, 6.07) is 22.0. The number of aliphatic carboxylic acids is 1. The van der Waals surface area contributed by atoms with E-state index in [0.29, 0.717) is 22.7 Å². The molecule has 1 atom stereocenters. The number of fused-ring (bicyclic) bond motifs is 2. The number of amides is 1. The number of nitro groups is 1. The minimum absolute atomic E-state index is 0.194. The predicted octanol–water partition coefficient (Wildman–Crippen LogP) is 6.22. The van der Waals surface area contributed by atoms with Gasteiger partial charge in [-0.2, -0.15) is 0 Å². The van der Waals surface area contributed by atoms with Gasteiger partial charge >= 0.3 is 5.97 Å². The standard InChI is InChI=1S/C31H29N5O5/c1-31(2,3)34-29-27(22-14-13-19-8-4-5-9-20(19)16-22)33-28-24(12-7-15-35(28)29)30(39)32-25(18-26(37)38)21-10-6-11-23(17-21)36(40)41/h4-17,25,34H,18H2,1-3H3,(H,32,39)(H,37,38). The number of nitro benzene ring substituents is 1. The molecule has 10 heteroatoms. The lowest BCUT2D eigenvalue weighted by Crippen LogP contribution is -2.30. The maximum Gasteiger partial charge on any atom is 0.305 e. The Morgan fingerprint density at radius 3 is 2.46 bits per heavy atom. The molecule has 208 valence electrons. The molecule has 3 aromatic carbocycles. The van der Waals surface area contributed by atoms with Crippen LogP contribution in [0.3, 0.4) is 0 Å². The van der Waals surface area contributed by atoms with E-state index in [0.717, 1.165) is 16.3 Å². The Kier molecular flexibility index (Phi) is 7.15. The maximum atomic E-state index is 13.6. The van der Waals surface area contributed by atoms with E-state index in [4.69, 9.17) is 4.98 Å². The fraction of sp³-hybridized carbons (Fsp3) is 0.194. The van der Waals surface area contributed by atoms with Gasteiger partial charge in [-0.1, -0.05) is 48.5 Å². The van der Waals surface area contributed by atoms with Crippen molar-refractivity contribution in [2.75, 3.05) is 5.32 Å². The smallest absolute Gasteiger partial charge is 0.305 e. The lowest BCUT2D eigenvalue weighted by molar-refractivity contribution is -0.384. The van der Waals surface area contributed by atoms with Crippen LogP contribution < -0.4 is 10.6 Å². The molecule has 2 heterocycles. The number of hydrogen-bond donors (Lipinski definition) is 3. The zero-order valence-electron chi connectivity index (χ0n) is 22.8. The Balaban J connectivity index is 1.60. The topological polar surface area (TPSA) is 139 Å². The summed E-state index contributed by atoms with van der Waals surface area (Å²) >= 11 is 0. The third-order valence-electron chi connectivity index (χ3n) is 6.58. The summed E-state index contributed by atoms with van der Waals surface area (Å²) in [5, 5.41) is 29.2. The van der Waals surface area contributed by atoms with Gasteiger partial charge in [0.15, 0.2) is 5.65 Å². The average Bonchev–Trinajstić information content (AvgIpc) is 3.29. The Hall–Kier alpha value is -5.25. The van der Waals surface area contributed by atoms with E-state index in [9.17, 15) is 24.8 Å². The highest BCUT2D eigenvalue weighted by Crippen LogP contribution is 2.34. The monoisotopic (exact) mass is 551 g/mol. The van der Waals surface area contributed by atoms with Gasteiger partial charge in [-0.15, -0.1) is 0 Å². The van der Waals surface area contributed by atoms with Gasteiger partial charge in [-0.3, -0.25) is 24.1 Å². The second kappa shape index (κ2) is 10.7. The third kappa shape index (κ3) is 5.86. The van der Waals surface area contributed by atoms with E-state index in [1.807, 2.05) is 67.8 Å². The first kappa shape index (κ1) is 27.3. The van der Waals surface area contributed by atoms with Crippen LogP contribution in [0.25, 0.3) is 27.7 Å². The van der Waals surface area contributed by atoms with Crippen molar-refractivity contribution in [3.63, 3.8) is 0 Å². The molecule has 2 aromatic heterocycles. The van der Waals surface area contributed by atoms with Crippen LogP contribution >= 0.6 is 0 Å². The van der Waals surface area contributed by atoms with Crippen LogP contribution in [0, 0.1) is 10.1 Å². The quantitative estimate of drug-likeness (QED) is 0.154. The number of aromatic nitrogens is 2. The molecule has 5 aromatic rings. The van der Waals surface area contributed by atoms with Gasteiger partial charge in [0.05, 0.1) is 22.9 Å². The molecule has 41 heavy (non-hydrogen) atoms. The highest BCUT2D eigenvalue weighted by atomic mass is 16.6. The van der Waals surface area contributed by atoms with E-state index >= 15 is 0 Å². The number of non-ortho nitro benzene ring substituents is 1. The summed E-state index contributed by atoms with van der Waals surface area (Å²) in [4.78, 5) is 40.9. The third-order valence-corrected chi connectivity index (χ3v) is 6.58. The molecule has 0 aliphatic rings. The fourth-order valence-corrected chi connectivity index (χ4v) is 4.78. The SMILES string of the molecule is CC(C)(C)Nc1c(-c2ccc3ccccc3c2)nc2c(C(=O)NC(CC(=O)O)c3cccc([N+](=O)[O-])c3)cccn12. The molecule has 5 rings (SSSR count). The summed E-state index contributed by atoms with van der Waals surface area (Å²) in [6.45, 7) is 6.09. The molecule has 0 aliphatic carbocycles. The van der Waals surface area contributed by atoms with Crippen molar-refractivity contribution in [3.05, 3.63) is 106 Å².